The van der Waals surface area contributed by atoms with Crippen molar-refractivity contribution in [2.24, 2.45) is 5.92 Å². The molecule has 8 heteroatoms. The van der Waals surface area contributed by atoms with Gasteiger partial charge in [-0.05, 0) is 66.3 Å². The zero-order valence-electron chi connectivity index (χ0n) is 19.4. The summed E-state index contributed by atoms with van der Waals surface area (Å²) < 4.78 is 0. The maximum atomic E-state index is 13.1. The van der Waals surface area contributed by atoms with E-state index in [1.165, 1.54) is 5.56 Å². The summed E-state index contributed by atoms with van der Waals surface area (Å²) in [7, 11) is 0. The highest BCUT2D eigenvalue weighted by Crippen LogP contribution is 2.32. The molecule has 180 valence electrons. The summed E-state index contributed by atoms with van der Waals surface area (Å²) in [5.41, 5.74) is 3.01. The summed E-state index contributed by atoms with van der Waals surface area (Å²) >= 11 is 5.94. The van der Waals surface area contributed by atoms with E-state index in [0.717, 1.165) is 37.2 Å². The molecule has 2 saturated heterocycles. The molecule has 2 aliphatic rings. The van der Waals surface area contributed by atoms with Crippen molar-refractivity contribution < 1.29 is 9.59 Å². The molecular formula is C27H28ClN5O2. The number of carbonyl (C=O) groups is 2. The Morgan fingerprint density at radius 2 is 1.71 bits per heavy atom. The third-order valence-corrected chi connectivity index (χ3v) is 7.13. The van der Waals surface area contributed by atoms with Gasteiger partial charge in [-0.1, -0.05) is 35.9 Å². The predicted molar refractivity (Wildman–Crippen MR) is 136 cm³/mol. The Balaban J connectivity index is 1.23. The molecule has 2 aliphatic heterocycles. The average Bonchev–Trinajstić information content (AvgIpc) is 2.86. The molecule has 0 atom stereocenters. The highest BCUT2D eigenvalue weighted by Gasteiger charge is 2.32. The lowest BCUT2D eigenvalue weighted by Crippen LogP contribution is -2.51. The third kappa shape index (κ3) is 5.36. The van der Waals surface area contributed by atoms with Gasteiger partial charge in [0.2, 0.25) is 11.8 Å². The maximum absolute atomic E-state index is 13.1. The minimum atomic E-state index is -0.0496. The summed E-state index contributed by atoms with van der Waals surface area (Å²) in [6, 6.07) is 19.2. The fourth-order valence-electron chi connectivity index (χ4n) is 4.68. The van der Waals surface area contributed by atoms with Gasteiger partial charge in [-0.15, -0.1) is 5.10 Å². The number of benzene rings is 2. The lowest BCUT2D eigenvalue weighted by atomic mass is 9.89. The minimum absolute atomic E-state index is 0.0320. The van der Waals surface area contributed by atoms with Gasteiger partial charge in [-0.25, -0.2) is 0 Å². The number of nitrogens with zero attached hydrogens (tertiary/aromatic N) is 4. The van der Waals surface area contributed by atoms with Crippen molar-refractivity contribution in [3.05, 3.63) is 83.0 Å². The second kappa shape index (κ2) is 10.5. The molecule has 0 radical (unpaired) electrons. The van der Waals surface area contributed by atoms with Crippen LogP contribution in [0.3, 0.4) is 0 Å². The summed E-state index contributed by atoms with van der Waals surface area (Å²) in [4.78, 5) is 29.5. The van der Waals surface area contributed by atoms with Gasteiger partial charge < -0.3 is 10.2 Å². The van der Waals surface area contributed by atoms with Crippen LogP contribution in [0.5, 0.6) is 0 Å². The standard InChI is InChI=1S/C27H28ClN5O2/c28-23-7-3-19(4-8-23)16-26(34)32-14-11-21(12-15-32)20-5-9-24(10-6-20)33(25-2-1-13-30-31-25)27(35)22-17-29-18-22/h1-10,13,21-22,29H,11-12,14-18H2. The van der Waals surface area contributed by atoms with E-state index in [-0.39, 0.29) is 17.7 Å². The molecular weight excluding hydrogens is 462 g/mol. The smallest absolute Gasteiger partial charge is 0.238 e. The molecule has 0 aliphatic carbocycles. The first-order valence-corrected chi connectivity index (χ1v) is 12.4. The monoisotopic (exact) mass is 489 g/mol. The molecule has 3 aromatic rings. The van der Waals surface area contributed by atoms with Crippen LogP contribution in [0.15, 0.2) is 66.9 Å². The SMILES string of the molecule is O=C(Cc1ccc(Cl)cc1)N1CCC(c2ccc(N(C(=O)C3CNC3)c3cccnn3)cc2)CC1. The molecule has 1 N–H and O–H groups in total. The molecule has 0 unspecified atom stereocenters. The van der Waals surface area contributed by atoms with E-state index in [1.807, 2.05) is 47.4 Å². The number of halogens is 1. The highest BCUT2D eigenvalue weighted by molar-refractivity contribution is 6.30. The van der Waals surface area contributed by atoms with E-state index in [1.54, 1.807) is 17.2 Å². The number of carbonyl (C=O) groups excluding carboxylic acids is 2. The first-order valence-electron chi connectivity index (χ1n) is 12.0. The maximum Gasteiger partial charge on any atom is 0.238 e. The van der Waals surface area contributed by atoms with Gasteiger partial charge >= 0.3 is 0 Å². The molecule has 2 aromatic carbocycles. The van der Waals surface area contributed by atoms with Crippen LogP contribution in [-0.4, -0.2) is 53.1 Å². The Morgan fingerprint density at radius 3 is 2.31 bits per heavy atom. The van der Waals surface area contributed by atoms with Crippen molar-refractivity contribution in [3.63, 3.8) is 0 Å². The van der Waals surface area contributed by atoms with Crippen molar-refractivity contribution in [1.82, 2.24) is 20.4 Å². The second-order valence-electron chi connectivity index (χ2n) is 9.16. The number of likely N-dealkylation sites (tertiary alicyclic amines) is 1. The Labute approximate surface area is 210 Å². The van der Waals surface area contributed by atoms with Crippen LogP contribution in [0.4, 0.5) is 11.5 Å². The third-order valence-electron chi connectivity index (χ3n) is 6.88. The lowest BCUT2D eigenvalue weighted by Gasteiger charge is -2.33. The van der Waals surface area contributed by atoms with Gasteiger partial charge in [0.05, 0.1) is 18.0 Å². The van der Waals surface area contributed by atoms with Gasteiger partial charge in [0.25, 0.3) is 0 Å². The number of nitrogens with one attached hydrogen (secondary N) is 1. The van der Waals surface area contributed by atoms with Crippen LogP contribution in [0.2, 0.25) is 5.02 Å². The summed E-state index contributed by atoms with van der Waals surface area (Å²) in [6.07, 6.45) is 3.85. The molecule has 1 aromatic heterocycles. The molecule has 7 nitrogen and oxygen atoms in total. The summed E-state index contributed by atoms with van der Waals surface area (Å²) in [6.45, 7) is 2.86. The Bertz CT molecular complexity index is 1160. The topological polar surface area (TPSA) is 78.4 Å². The normalized spacial score (nSPS) is 16.5. The van der Waals surface area contributed by atoms with Crippen LogP contribution in [0.25, 0.3) is 0 Å². The van der Waals surface area contributed by atoms with Gasteiger partial charge in [0.15, 0.2) is 5.82 Å². The molecule has 3 heterocycles. The minimum Gasteiger partial charge on any atom is -0.342 e. The molecule has 35 heavy (non-hydrogen) atoms. The zero-order valence-corrected chi connectivity index (χ0v) is 20.2. The van der Waals surface area contributed by atoms with E-state index in [2.05, 4.69) is 27.6 Å². The van der Waals surface area contributed by atoms with Crippen molar-refractivity contribution >= 4 is 34.9 Å². The Morgan fingerprint density at radius 1 is 1.00 bits per heavy atom. The molecule has 2 fully saturated rings. The zero-order chi connectivity index (χ0) is 24.2. The molecule has 0 bridgehead atoms. The fourth-order valence-corrected chi connectivity index (χ4v) is 4.80. The van der Waals surface area contributed by atoms with Crippen molar-refractivity contribution in [1.29, 1.82) is 0 Å². The molecule has 5 rings (SSSR count). The highest BCUT2D eigenvalue weighted by atomic mass is 35.5. The number of amides is 2. The predicted octanol–water partition coefficient (Wildman–Crippen LogP) is 3.96. The lowest BCUT2D eigenvalue weighted by molar-refractivity contribution is -0.131. The fraction of sp³-hybridized carbons (Fsp3) is 0.333. The van der Waals surface area contributed by atoms with E-state index in [9.17, 15) is 9.59 Å². The van der Waals surface area contributed by atoms with Crippen molar-refractivity contribution in [3.8, 4) is 0 Å². The molecule has 0 spiro atoms. The van der Waals surface area contributed by atoms with Gasteiger partial charge in [-0.3, -0.25) is 14.5 Å². The quantitative estimate of drug-likeness (QED) is 0.567. The number of rotatable bonds is 6. The van der Waals surface area contributed by atoms with E-state index < -0.39 is 0 Å². The van der Waals surface area contributed by atoms with E-state index in [4.69, 9.17) is 11.6 Å². The van der Waals surface area contributed by atoms with E-state index >= 15 is 0 Å². The van der Waals surface area contributed by atoms with Crippen LogP contribution in [0, 0.1) is 5.92 Å². The van der Waals surface area contributed by atoms with E-state index in [0.29, 0.717) is 36.3 Å². The Kier molecular flexibility index (Phi) is 7.06. The first-order chi connectivity index (χ1) is 17.1. The van der Waals surface area contributed by atoms with Crippen LogP contribution < -0.4 is 10.2 Å². The van der Waals surface area contributed by atoms with Gasteiger partial charge in [-0.2, -0.15) is 5.10 Å². The van der Waals surface area contributed by atoms with Crippen LogP contribution in [0.1, 0.15) is 29.9 Å². The van der Waals surface area contributed by atoms with Crippen LogP contribution in [-0.2, 0) is 16.0 Å². The molecule has 2 amide bonds. The first kappa shape index (κ1) is 23.5. The average molecular weight is 490 g/mol. The number of aromatic nitrogens is 2. The van der Waals surface area contributed by atoms with Crippen LogP contribution >= 0.6 is 11.6 Å². The Hall–Kier alpha value is -3.29. The number of hydrogen-bond donors (Lipinski definition) is 1. The van der Waals surface area contributed by atoms with Gasteiger partial charge in [0.1, 0.15) is 0 Å². The molecule has 0 saturated carbocycles. The second-order valence-corrected chi connectivity index (χ2v) is 9.60. The number of anilines is 2. The van der Waals surface area contributed by atoms with Gasteiger partial charge in [0, 0.05) is 37.4 Å². The summed E-state index contributed by atoms with van der Waals surface area (Å²) in [5, 5.41) is 12.0. The largest absolute Gasteiger partial charge is 0.342 e. The van der Waals surface area contributed by atoms with Crippen molar-refractivity contribution in [2.45, 2.75) is 25.2 Å². The number of piperidine rings is 1. The number of hydrogen-bond acceptors (Lipinski definition) is 5. The van der Waals surface area contributed by atoms with Crippen molar-refractivity contribution in [2.75, 3.05) is 31.1 Å². The summed E-state index contributed by atoms with van der Waals surface area (Å²) in [5.74, 6) is 1.06.